The number of hydrogen-bond acceptors (Lipinski definition) is 1. The van der Waals surface area contributed by atoms with Crippen LogP contribution in [0.1, 0.15) is 88.2 Å². The van der Waals surface area contributed by atoms with Crippen LogP contribution >= 0.6 is 0 Å². The van der Waals surface area contributed by atoms with Crippen LogP contribution in [0.15, 0.2) is 48.3 Å². The average Bonchev–Trinajstić information content (AvgIpc) is 2.79. The van der Waals surface area contributed by atoms with E-state index in [-0.39, 0.29) is 0 Å². The predicted molar refractivity (Wildman–Crippen MR) is 119 cm³/mol. The molecule has 2 fully saturated rings. The van der Waals surface area contributed by atoms with Gasteiger partial charge in [-0.25, -0.2) is 0 Å². The molecular formula is C27H36FN. The lowest BCUT2D eigenvalue weighted by Gasteiger charge is -2.29. The van der Waals surface area contributed by atoms with Crippen molar-refractivity contribution in [3.8, 4) is 6.07 Å². The van der Waals surface area contributed by atoms with Crippen LogP contribution in [-0.2, 0) is 6.42 Å². The number of allylic oxidation sites excluding steroid dienone is 4. The van der Waals surface area contributed by atoms with Crippen LogP contribution in [0.25, 0.3) is 0 Å². The highest BCUT2D eigenvalue weighted by Gasteiger charge is 2.22. The number of nitrogens with zero attached hydrogens (tertiary/aromatic N) is 1. The lowest BCUT2D eigenvalue weighted by molar-refractivity contribution is 0.295. The summed E-state index contributed by atoms with van der Waals surface area (Å²) in [5, 5.41) is 8.46. The number of nitriles is 1. The van der Waals surface area contributed by atoms with Crippen LogP contribution in [0, 0.1) is 29.1 Å². The first-order valence-corrected chi connectivity index (χ1v) is 11.7. The first-order chi connectivity index (χ1) is 14.2. The third-order valence-electron chi connectivity index (χ3n) is 7.18. The van der Waals surface area contributed by atoms with Gasteiger partial charge in [0.05, 0.1) is 0 Å². The van der Waals surface area contributed by atoms with Gasteiger partial charge in [-0.05, 0) is 112 Å². The molecule has 29 heavy (non-hydrogen) atoms. The number of hydrogen-bond donors (Lipinski definition) is 0. The minimum atomic E-state index is -0.630. The second-order valence-electron chi connectivity index (χ2n) is 9.11. The van der Waals surface area contributed by atoms with Gasteiger partial charge in [-0.2, -0.15) is 9.65 Å². The second-order valence-corrected chi connectivity index (χ2v) is 9.11. The van der Waals surface area contributed by atoms with E-state index in [0.717, 1.165) is 30.6 Å². The molecule has 1 nitrogen and oxygen atoms in total. The fourth-order valence-corrected chi connectivity index (χ4v) is 5.15. The molecule has 0 spiro atoms. The Labute approximate surface area is 176 Å². The third kappa shape index (κ3) is 6.84. The fourth-order valence-electron chi connectivity index (χ4n) is 5.15. The Morgan fingerprint density at radius 1 is 0.966 bits per heavy atom. The molecule has 1 aromatic rings. The van der Waals surface area contributed by atoms with Gasteiger partial charge in [0.2, 0.25) is 0 Å². The van der Waals surface area contributed by atoms with Crippen LogP contribution < -0.4 is 0 Å². The molecule has 0 heterocycles. The smallest absolute Gasteiger partial charge is 0.195 e. The Hall–Kier alpha value is -1.88. The van der Waals surface area contributed by atoms with Gasteiger partial charge in [-0.3, -0.25) is 0 Å². The molecule has 3 rings (SSSR count). The summed E-state index contributed by atoms with van der Waals surface area (Å²) in [5.74, 6) is 2.32. The molecule has 0 unspecified atom stereocenters. The maximum absolute atomic E-state index is 12.9. The molecule has 2 aliphatic carbocycles. The molecule has 0 atom stereocenters. The summed E-state index contributed by atoms with van der Waals surface area (Å²) < 4.78 is 12.9. The van der Waals surface area contributed by atoms with Crippen LogP contribution in [-0.4, -0.2) is 0 Å². The molecular weight excluding hydrogens is 357 g/mol. The van der Waals surface area contributed by atoms with Crippen molar-refractivity contribution in [2.45, 2.75) is 83.5 Å². The Balaban J connectivity index is 1.36. The highest BCUT2D eigenvalue weighted by Crippen LogP contribution is 2.37. The Morgan fingerprint density at radius 3 is 2.10 bits per heavy atom. The highest BCUT2D eigenvalue weighted by molar-refractivity contribution is 5.26. The minimum absolute atomic E-state index is 0.630. The molecule has 2 saturated carbocycles. The van der Waals surface area contributed by atoms with Crippen molar-refractivity contribution in [3.05, 3.63) is 59.4 Å². The molecule has 0 bridgehead atoms. The lowest BCUT2D eigenvalue weighted by Crippen LogP contribution is -2.14. The van der Waals surface area contributed by atoms with Crippen molar-refractivity contribution in [1.29, 1.82) is 5.26 Å². The SMILES string of the molecule is CCc1ccc([C@H]2CC[C@H](/C=C/[C@H]3CC[C@H](CCC=C(F)C#N)CC3)CC2)cc1. The molecule has 2 heteroatoms. The first kappa shape index (κ1) is 21.8. The largest absolute Gasteiger partial charge is 0.196 e. The van der Waals surface area contributed by atoms with E-state index >= 15 is 0 Å². The van der Waals surface area contributed by atoms with Crippen molar-refractivity contribution in [1.82, 2.24) is 0 Å². The minimum Gasteiger partial charge on any atom is -0.195 e. The molecule has 0 saturated heterocycles. The van der Waals surface area contributed by atoms with Gasteiger partial charge in [0.15, 0.2) is 5.83 Å². The summed E-state index contributed by atoms with van der Waals surface area (Å²) in [7, 11) is 0. The maximum atomic E-state index is 12.9. The van der Waals surface area contributed by atoms with E-state index in [1.165, 1.54) is 68.6 Å². The van der Waals surface area contributed by atoms with E-state index in [9.17, 15) is 4.39 Å². The number of aryl methyl sites for hydroxylation is 1. The summed E-state index contributed by atoms with van der Waals surface area (Å²) in [6.45, 7) is 2.22. The predicted octanol–water partition coefficient (Wildman–Crippen LogP) is 8.04. The van der Waals surface area contributed by atoms with E-state index in [1.807, 2.05) is 0 Å². The monoisotopic (exact) mass is 393 g/mol. The van der Waals surface area contributed by atoms with Crippen molar-refractivity contribution in [3.63, 3.8) is 0 Å². The zero-order valence-electron chi connectivity index (χ0n) is 18.0. The summed E-state index contributed by atoms with van der Waals surface area (Å²) >= 11 is 0. The van der Waals surface area contributed by atoms with Crippen LogP contribution in [0.2, 0.25) is 0 Å². The van der Waals surface area contributed by atoms with E-state index < -0.39 is 5.83 Å². The Morgan fingerprint density at radius 2 is 1.55 bits per heavy atom. The summed E-state index contributed by atoms with van der Waals surface area (Å²) in [6.07, 6.45) is 19.6. The summed E-state index contributed by atoms with van der Waals surface area (Å²) in [6, 6.07) is 10.9. The van der Waals surface area contributed by atoms with Crippen molar-refractivity contribution in [2.75, 3.05) is 0 Å². The van der Waals surface area contributed by atoms with Gasteiger partial charge in [-0.1, -0.05) is 43.3 Å². The van der Waals surface area contributed by atoms with Gasteiger partial charge < -0.3 is 0 Å². The second kappa shape index (κ2) is 11.3. The number of rotatable bonds is 7. The standard InChI is InChI=1S/C27H36FN/c1-2-21-12-16-25(17-13-21)26-18-14-24(15-19-26)11-10-23-8-6-22(7-9-23)4-3-5-27(28)20-29/h5,10-13,16-17,22-24,26H,2-4,6-9,14-15,18-19H2,1H3/b11-10+,27-5?/t22-,23-,24-,26-. The number of halogens is 1. The lowest BCUT2D eigenvalue weighted by atomic mass is 9.77. The molecule has 156 valence electrons. The third-order valence-corrected chi connectivity index (χ3v) is 7.18. The molecule has 0 amide bonds. The van der Waals surface area contributed by atoms with E-state index in [2.05, 4.69) is 43.3 Å². The van der Waals surface area contributed by atoms with Crippen LogP contribution in [0.3, 0.4) is 0 Å². The van der Waals surface area contributed by atoms with Crippen LogP contribution in [0.4, 0.5) is 4.39 Å². The molecule has 1 aromatic carbocycles. The Bertz CT molecular complexity index is 708. The maximum Gasteiger partial charge on any atom is 0.196 e. The van der Waals surface area contributed by atoms with Crippen LogP contribution in [0.5, 0.6) is 0 Å². The van der Waals surface area contributed by atoms with E-state index in [1.54, 1.807) is 6.07 Å². The molecule has 0 aliphatic heterocycles. The highest BCUT2D eigenvalue weighted by atomic mass is 19.1. The molecule has 2 aliphatic rings. The average molecular weight is 394 g/mol. The zero-order valence-corrected chi connectivity index (χ0v) is 18.0. The van der Waals surface area contributed by atoms with Crippen molar-refractivity contribution >= 4 is 0 Å². The van der Waals surface area contributed by atoms with Gasteiger partial charge >= 0.3 is 0 Å². The van der Waals surface area contributed by atoms with Gasteiger partial charge in [-0.15, -0.1) is 0 Å². The van der Waals surface area contributed by atoms with Gasteiger partial charge in [0.25, 0.3) is 0 Å². The van der Waals surface area contributed by atoms with Gasteiger partial charge in [0.1, 0.15) is 6.07 Å². The number of benzene rings is 1. The van der Waals surface area contributed by atoms with Crippen molar-refractivity contribution < 1.29 is 4.39 Å². The normalized spacial score (nSPS) is 28.4. The fraction of sp³-hybridized carbons (Fsp3) is 0.593. The summed E-state index contributed by atoms with van der Waals surface area (Å²) in [5.41, 5.74) is 2.97. The van der Waals surface area contributed by atoms with E-state index in [0.29, 0.717) is 12.3 Å². The van der Waals surface area contributed by atoms with E-state index in [4.69, 9.17) is 5.26 Å². The first-order valence-electron chi connectivity index (χ1n) is 11.7. The molecule has 0 N–H and O–H groups in total. The molecule has 0 radical (unpaired) electrons. The molecule has 0 aromatic heterocycles. The summed E-state index contributed by atoms with van der Waals surface area (Å²) in [4.78, 5) is 0. The van der Waals surface area contributed by atoms with Gasteiger partial charge in [0, 0.05) is 0 Å². The zero-order chi connectivity index (χ0) is 20.5. The Kier molecular flexibility index (Phi) is 8.53. The quantitative estimate of drug-likeness (QED) is 0.339. The van der Waals surface area contributed by atoms with Crippen molar-refractivity contribution in [2.24, 2.45) is 17.8 Å². The topological polar surface area (TPSA) is 23.8 Å².